The first-order valence-electron chi connectivity index (χ1n) is 10.8. The van der Waals surface area contributed by atoms with Crippen molar-refractivity contribution in [3.8, 4) is 0 Å². The first kappa shape index (κ1) is 23.6. The molecule has 1 aliphatic heterocycles. The summed E-state index contributed by atoms with van der Waals surface area (Å²) in [5, 5.41) is 7.92. The summed E-state index contributed by atoms with van der Waals surface area (Å²) < 4.78 is 0. The molecule has 30 heavy (non-hydrogen) atoms. The van der Waals surface area contributed by atoms with Crippen LogP contribution in [-0.4, -0.2) is 41.4 Å². The molecule has 4 nitrogen and oxygen atoms in total. The van der Waals surface area contributed by atoms with E-state index in [0.717, 1.165) is 18.1 Å². The van der Waals surface area contributed by atoms with Crippen LogP contribution in [0.4, 0.5) is 0 Å². The normalized spacial score (nSPS) is 14.8. The van der Waals surface area contributed by atoms with E-state index in [0.29, 0.717) is 0 Å². The SMILES string of the molecule is CC(=O)/C=C\C(=O)O.[HH].c1ccc(CCCCN2CCC(c3ccccc3)CC2)cc1. The molecule has 0 aromatic heterocycles. The molecule has 0 bridgehead atoms. The molecule has 3 rings (SSSR count). The summed E-state index contributed by atoms with van der Waals surface area (Å²) in [5.74, 6) is -0.575. The summed E-state index contributed by atoms with van der Waals surface area (Å²) in [6.07, 6.45) is 8.31. The van der Waals surface area contributed by atoms with Crippen molar-refractivity contribution < 1.29 is 16.1 Å². The van der Waals surface area contributed by atoms with Gasteiger partial charge in [-0.1, -0.05) is 60.7 Å². The second-order valence-electron chi connectivity index (χ2n) is 7.75. The Labute approximate surface area is 181 Å². The van der Waals surface area contributed by atoms with E-state index in [4.69, 9.17) is 5.11 Å². The number of benzene rings is 2. The van der Waals surface area contributed by atoms with Gasteiger partial charge in [0, 0.05) is 7.50 Å². The number of rotatable bonds is 8. The van der Waals surface area contributed by atoms with E-state index in [-0.39, 0.29) is 7.21 Å². The van der Waals surface area contributed by atoms with Gasteiger partial charge in [-0.05, 0) is 81.8 Å². The number of likely N-dealkylation sites (tertiary alicyclic amines) is 1. The minimum absolute atomic E-state index is 0. The van der Waals surface area contributed by atoms with Gasteiger partial charge in [-0.2, -0.15) is 0 Å². The van der Waals surface area contributed by atoms with Crippen LogP contribution < -0.4 is 0 Å². The van der Waals surface area contributed by atoms with Crippen LogP contribution in [0.5, 0.6) is 0 Å². The number of hydrogen-bond donors (Lipinski definition) is 1. The first-order chi connectivity index (χ1) is 14.5. The molecule has 1 heterocycles. The molecule has 1 fully saturated rings. The Bertz CT molecular complexity index is 769. The monoisotopic (exact) mass is 409 g/mol. The predicted octanol–water partition coefficient (Wildman–Crippen LogP) is 5.35. The van der Waals surface area contributed by atoms with E-state index in [1.807, 2.05) is 0 Å². The smallest absolute Gasteiger partial charge is 0.328 e. The Hall–Kier alpha value is -2.72. The fourth-order valence-corrected chi connectivity index (χ4v) is 3.71. The van der Waals surface area contributed by atoms with E-state index >= 15 is 0 Å². The molecule has 0 amide bonds. The van der Waals surface area contributed by atoms with Gasteiger partial charge in [-0.25, -0.2) is 4.79 Å². The third-order valence-corrected chi connectivity index (χ3v) is 5.35. The average Bonchev–Trinajstić information content (AvgIpc) is 2.77. The maximum atomic E-state index is 10.00. The molecule has 0 atom stereocenters. The van der Waals surface area contributed by atoms with Crippen molar-refractivity contribution in [2.75, 3.05) is 19.6 Å². The fourth-order valence-electron chi connectivity index (χ4n) is 3.71. The number of carboxylic acids is 1. The van der Waals surface area contributed by atoms with Gasteiger partial charge < -0.3 is 10.0 Å². The highest BCUT2D eigenvalue weighted by Crippen LogP contribution is 2.27. The van der Waals surface area contributed by atoms with Crippen molar-refractivity contribution >= 4 is 11.8 Å². The number of allylic oxidation sites excluding steroid dienone is 1. The summed E-state index contributed by atoms with van der Waals surface area (Å²) >= 11 is 0. The van der Waals surface area contributed by atoms with Crippen LogP contribution in [0.1, 0.15) is 51.1 Å². The molecule has 4 heteroatoms. The third kappa shape index (κ3) is 9.66. The molecular formula is C26H35NO3. The summed E-state index contributed by atoms with van der Waals surface area (Å²) in [4.78, 5) is 22.3. The number of carbonyl (C=O) groups is 2. The molecule has 2 aromatic rings. The molecule has 2 aromatic carbocycles. The van der Waals surface area contributed by atoms with Crippen LogP contribution in [-0.2, 0) is 16.0 Å². The lowest BCUT2D eigenvalue weighted by atomic mass is 9.89. The average molecular weight is 410 g/mol. The number of ketones is 1. The van der Waals surface area contributed by atoms with Crippen molar-refractivity contribution in [2.45, 2.75) is 44.9 Å². The number of carboxylic acid groups (broad SMARTS) is 1. The fraction of sp³-hybridized carbons (Fsp3) is 0.385. The van der Waals surface area contributed by atoms with Gasteiger partial charge in [0.25, 0.3) is 0 Å². The van der Waals surface area contributed by atoms with E-state index < -0.39 is 5.97 Å². The highest BCUT2D eigenvalue weighted by atomic mass is 16.4. The maximum absolute atomic E-state index is 10.00. The molecule has 1 aliphatic rings. The standard InChI is InChI=1S/C21H27N.C5H6O3.H2/c1-3-9-19(10-4-1)11-7-8-16-22-17-14-21(15-18-22)20-12-5-2-6-13-20;1-4(6)2-3-5(7)8;/h1-6,9-10,12-13,21H,7-8,11,14-18H2;2-3H,1H3,(H,7,8);1H/b;3-2-;. The second kappa shape index (κ2) is 13.5. The molecule has 0 aliphatic carbocycles. The number of unbranched alkanes of at least 4 members (excludes halogenated alkanes) is 1. The zero-order chi connectivity index (χ0) is 21.6. The lowest BCUT2D eigenvalue weighted by Crippen LogP contribution is -2.33. The minimum Gasteiger partial charge on any atom is -0.478 e. The Kier molecular flexibility index (Phi) is 10.6. The predicted molar refractivity (Wildman–Crippen MR) is 124 cm³/mol. The third-order valence-electron chi connectivity index (χ3n) is 5.35. The number of hydrogen-bond acceptors (Lipinski definition) is 3. The summed E-state index contributed by atoms with van der Waals surface area (Å²) in [6.45, 7) is 5.10. The van der Waals surface area contributed by atoms with Crippen LogP contribution in [0.3, 0.4) is 0 Å². The highest BCUT2D eigenvalue weighted by Gasteiger charge is 2.19. The molecule has 1 N–H and O–H groups in total. The quantitative estimate of drug-likeness (QED) is 0.472. The van der Waals surface area contributed by atoms with Gasteiger partial charge in [0.1, 0.15) is 0 Å². The largest absolute Gasteiger partial charge is 0.478 e. The van der Waals surface area contributed by atoms with Crippen LogP contribution in [0.15, 0.2) is 72.8 Å². The van der Waals surface area contributed by atoms with E-state index in [1.54, 1.807) is 0 Å². The van der Waals surface area contributed by atoms with Crippen LogP contribution in [0.25, 0.3) is 0 Å². The Balaban J connectivity index is 0.000000461. The van der Waals surface area contributed by atoms with Gasteiger partial charge in [0.15, 0.2) is 5.78 Å². The summed E-state index contributed by atoms with van der Waals surface area (Å²) in [5.41, 5.74) is 3.01. The van der Waals surface area contributed by atoms with E-state index in [1.165, 1.54) is 69.8 Å². The van der Waals surface area contributed by atoms with Gasteiger partial charge in [-0.15, -0.1) is 0 Å². The molecule has 0 radical (unpaired) electrons. The summed E-state index contributed by atoms with van der Waals surface area (Å²) in [7, 11) is 0. The van der Waals surface area contributed by atoms with Crippen LogP contribution in [0.2, 0.25) is 0 Å². The first-order valence-corrected chi connectivity index (χ1v) is 10.8. The van der Waals surface area contributed by atoms with Crippen molar-refractivity contribution in [2.24, 2.45) is 0 Å². The van der Waals surface area contributed by atoms with Crippen molar-refractivity contribution in [3.63, 3.8) is 0 Å². The molecule has 162 valence electrons. The Morgan fingerprint density at radius 2 is 1.57 bits per heavy atom. The minimum atomic E-state index is -1.10. The second-order valence-corrected chi connectivity index (χ2v) is 7.75. The van der Waals surface area contributed by atoms with Gasteiger partial charge in [-0.3, -0.25) is 4.79 Å². The van der Waals surface area contributed by atoms with E-state index in [2.05, 4.69) is 65.6 Å². The van der Waals surface area contributed by atoms with E-state index in [9.17, 15) is 9.59 Å². The topological polar surface area (TPSA) is 57.6 Å². The maximum Gasteiger partial charge on any atom is 0.328 e. The van der Waals surface area contributed by atoms with Crippen LogP contribution in [0, 0.1) is 0 Å². The van der Waals surface area contributed by atoms with Crippen molar-refractivity contribution in [3.05, 3.63) is 83.9 Å². The highest BCUT2D eigenvalue weighted by molar-refractivity contribution is 5.93. The number of aryl methyl sites for hydroxylation is 1. The Morgan fingerprint density at radius 1 is 0.967 bits per heavy atom. The molecule has 0 saturated carbocycles. The number of carbonyl (C=O) groups excluding carboxylic acids is 1. The molecule has 0 spiro atoms. The number of aliphatic carboxylic acids is 1. The lowest BCUT2D eigenvalue weighted by molar-refractivity contribution is -0.131. The zero-order valence-electron chi connectivity index (χ0n) is 17.9. The zero-order valence-corrected chi connectivity index (χ0v) is 17.9. The Morgan fingerprint density at radius 3 is 2.10 bits per heavy atom. The molecular weight excluding hydrogens is 374 g/mol. The molecule has 1 saturated heterocycles. The van der Waals surface area contributed by atoms with Crippen molar-refractivity contribution in [1.82, 2.24) is 4.90 Å². The van der Waals surface area contributed by atoms with Gasteiger partial charge in [0.05, 0.1) is 0 Å². The lowest BCUT2D eigenvalue weighted by Gasteiger charge is -2.32. The number of nitrogens with zero attached hydrogens (tertiary/aromatic N) is 1. The number of piperidine rings is 1. The summed E-state index contributed by atoms with van der Waals surface area (Å²) in [6, 6.07) is 21.9. The van der Waals surface area contributed by atoms with Gasteiger partial charge in [0.2, 0.25) is 0 Å². The van der Waals surface area contributed by atoms with Gasteiger partial charge >= 0.3 is 5.97 Å². The molecule has 0 unspecified atom stereocenters. The van der Waals surface area contributed by atoms with Crippen molar-refractivity contribution in [1.29, 1.82) is 0 Å². The van der Waals surface area contributed by atoms with Crippen LogP contribution >= 0.6 is 0 Å².